The Morgan fingerprint density at radius 3 is 1.72 bits per heavy atom. The summed E-state index contributed by atoms with van der Waals surface area (Å²) in [6.45, 7) is 3.29. The van der Waals surface area contributed by atoms with Gasteiger partial charge >= 0.3 is 0 Å². The topological polar surface area (TPSA) is 26.3 Å². The molecule has 0 bridgehead atoms. The molecule has 0 saturated heterocycles. The van der Waals surface area contributed by atoms with Crippen LogP contribution in [0.2, 0.25) is 0 Å². The van der Waals surface area contributed by atoms with Gasteiger partial charge in [-0.15, -0.1) is 0 Å². The number of hydrogen-bond donors (Lipinski definition) is 0. The van der Waals surface area contributed by atoms with E-state index in [1.807, 2.05) is 0 Å². The molecule has 1 aromatic rings. The largest absolute Gasteiger partial charge is 0.487 e. The summed E-state index contributed by atoms with van der Waals surface area (Å²) in [6.07, 6.45) is 13.5. The summed E-state index contributed by atoms with van der Waals surface area (Å²) in [5, 5.41) is 0. The van der Waals surface area contributed by atoms with Crippen molar-refractivity contribution in [2.45, 2.75) is 90.9 Å². The van der Waals surface area contributed by atoms with Gasteiger partial charge < -0.3 is 4.74 Å². The summed E-state index contributed by atoms with van der Waals surface area (Å²) in [5.41, 5.74) is 0. The van der Waals surface area contributed by atoms with Crippen molar-refractivity contribution in [3.63, 3.8) is 0 Å². The highest BCUT2D eigenvalue weighted by Crippen LogP contribution is 2.27. The molecule has 0 spiro atoms. The molecule has 1 aromatic carbocycles. The number of ether oxygens (including phenoxy) is 1. The second-order valence-corrected chi connectivity index (χ2v) is 7.74. The smallest absolute Gasteiger partial charge is 0.203 e. The summed E-state index contributed by atoms with van der Waals surface area (Å²) in [5.74, 6) is -8.05. The van der Waals surface area contributed by atoms with E-state index in [0.29, 0.717) is 6.42 Å². The molecule has 0 aliphatic rings. The lowest BCUT2D eigenvalue weighted by Crippen LogP contribution is -2.20. The van der Waals surface area contributed by atoms with Crippen molar-refractivity contribution in [3.8, 4) is 5.75 Å². The Morgan fingerprint density at radius 1 is 0.828 bits per heavy atom. The number of unbranched alkanes of at least 4 members (excludes halogenated alkanes) is 10. The van der Waals surface area contributed by atoms with Crippen molar-refractivity contribution < 1.29 is 27.1 Å². The first-order valence-electron chi connectivity index (χ1n) is 10.8. The average molecular weight is 419 g/mol. The van der Waals surface area contributed by atoms with E-state index in [-0.39, 0.29) is 18.5 Å². The van der Waals surface area contributed by atoms with E-state index in [1.165, 1.54) is 51.9 Å². The van der Waals surface area contributed by atoms with E-state index in [4.69, 9.17) is 4.74 Å². The maximum atomic E-state index is 13.6. The predicted octanol–water partition coefficient (Wildman–Crippen LogP) is 7.53. The summed E-state index contributed by atoms with van der Waals surface area (Å²) in [4.78, 5) is 11.8. The molecular weight excluding hydrogens is 384 g/mol. The van der Waals surface area contributed by atoms with Gasteiger partial charge in [0.2, 0.25) is 11.6 Å². The van der Waals surface area contributed by atoms with Crippen LogP contribution in [0.5, 0.6) is 5.75 Å². The van der Waals surface area contributed by atoms with E-state index in [2.05, 4.69) is 6.92 Å². The van der Waals surface area contributed by atoms with Crippen LogP contribution in [-0.2, 0) is 4.79 Å². The molecule has 166 valence electrons. The van der Waals surface area contributed by atoms with Gasteiger partial charge in [-0.1, -0.05) is 77.6 Å². The van der Waals surface area contributed by atoms with Crippen LogP contribution in [-0.4, -0.2) is 12.4 Å². The first-order valence-corrected chi connectivity index (χ1v) is 10.8. The Bertz CT molecular complexity index is 593. The molecule has 2 nitrogen and oxygen atoms in total. The van der Waals surface area contributed by atoms with E-state index in [0.717, 1.165) is 25.7 Å². The van der Waals surface area contributed by atoms with E-state index < -0.39 is 34.9 Å². The Hall–Kier alpha value is -1.59. The summed E-state index contributed by atoms with van der Waals surface area (Å²) in [6, 6.07) is 0.130. The number of carbonyl (C=O) groups is 1. The third-order valence-electron chi connectivity index (χ3n) is 5.23. The molecule has 0 radical (unpaired) electrons. The van der Waals surface area contributed by atoms with Crippen LogP contribution in [0.25, 0.3) is 0 Å². The SMILES string of the molecule is CCCCCCCCCCCCCC(COc1c(F)c(F)cc(F)c1F)C(C)=O. The highest BCUT2D eigenvalue weighted by molar-refractivity contribution is 5.78. The molecule has 29 heavy (non-hydrogen) atoms. The van der Waals surface area contributed by atoms with Gasteiger partial charge in [0, 0.05) is 6.07 Å². The molecule has 0 fully saturated rings. The zero-order chi connectivity index (χ0) is 21.6. The summed E-state index contributed by atoms with van der Waals surface area (Å²) < 4.78 is 58.7. The Balaban J connectivity index is 2.28. The fraction of sp³-hybridized carbons (Fsp3) is 0.696. The fourth-order valence-electron chi connectivity index (χ4n) is 3.32. The Kier molecular flexibility index (Phi) is 12.6. The molecular formula is C23H34F4O2. The normalized spacial score (nSPS) is 12.2. The standard InChI is InChI=1S/C23H34F4O2/c1-3-4-5-6-7-8-9-10-11-12-13-14-18(17(2)28)16-29-23-21(26)19(24)15-20(25)22(23)27/h15,18H,3-14,16H2,1-2H3. The van der Waals surface area contributed by atoms with Crippen molar-refractivity contribution in [1.29, 1.82) is 0 Å². The van der Waals surface area contributed by atoms with Crippen LogP contribution in [0, 0.1) is 29.2 Å². The lowest BCUT2D eigenvalue weighted by Gasteiger charge is -2.16. The summed E-state index contributed by atoms with van der Waals surface area (Å²) >= 11 is 0. The molecule has 0 aliphatic heterocycles. The minimum Gasteiger partial charge on any atom is -0.487 e. The molecule has 1 atom stereocenters. The van der Waals surface area contributed by atoms with Crippen molar-refractivity contribution in [3.05, 3.63) is 29.3 Å². The van der Waals surface area contributed by atoms with Gasteiger partial charge in [-0.2, -0.15) is 8.78 Å². The maximum Gasteiger partial charge on any atom is 0.203 e. The van der Waals surface area contributed by atoms with Crippen LogP contribution >= 0.6 is 0 Å². The number of rotatable bonds is 16. The molecule has 6 heteroatoms. The van der Waals surface area contributed by atoms with E-state index in [9.17, 15) is 22.4 Å². The van der Waals surface area contributed by atoms with Crippen LogP contribution in [0.4, 0.5) is 17.6 Å². The van der Waals surface area contributed by atoms with Crippen LogP contribution < -0.4 is 4.74 Å². The van der Waals surface area contributed by atoms with Gasteiger partial charge in [-0.3, -0.25) is 4.79 Å². The first kappa shape index (κ1) is 25.4. The quantitative estimate of drug-likeness (QED) is 0.158. The van der Waals surface area contributed by atoms with Crippen LogP contribution in [0.3, 0.4) is 0 Å². The van der Waals surface area contributed by atoms with E-state index in [1.54, 1.807) is 0 Å². The molecule has 0 amide bonds. The Labute approximate surface area is 172 Å². The monoisotopic (exact) mass is 418 g/mol. The average Bonchev–Trinajstić information content (AvgIpc) is 2.68. The molecule has 0 N–H and O–H groups in total. The molecule has 1 unspecified atom stereocenters. The fourth-order valence-corrected chi connectivity index (χ4v) is 3.32. The van der Waals surface area contributed by atoms with Gasteiger partial charge in [0.15, 0.2) is 17.4 Å². The lowest BCUT2D eigenvalue weighted by molar-refractivity contribution is -0.121. The second-order valence-electron chi connectivity index (χ2n) is 7.74. The van der Waals surface area contributed by atoms with E-state index >= 15 is 0 Å². The zero-order valence-corrected chi connectivity index (χ0v) is 17.7. The van der Waals surface area contributed by atoms with Crippen molar-refractivity contribution in [2.75, 3.05) is 6.61 Å². The van der Waals surface area contributed by atoms with Gasteiger partial charge in [-0.05, 0) is 13.3 Å². The molecule has 1 rings (SSSR count). The highest BCUT2D eigenvalue weighted by Gasteiger charge is 2.23. The van der Waals surface area contributed by atoms with Gasteiger partial charge in [0.05, 0.1) is 12.5 Å². The Morgan fingerprint density at radius 2 is 1.28 bits per heavy atom. The first-order chi connectivity index (χ1) is 13.9. The summed E-state index contributed by atoms with van der Waals surface area (Å²) in [7, 11) is 0. The lowest BCUT2D eigenvalue weighted by atomic mass is 9.97. The van der Waals surface area contributed by atoms with Gasteiger partial charge in [0.25, 0.3) is 0 Å². The minimum absolute atomic E-state index is 0.130. The molecule has 0 heterocycles. The second kappa shape index (κ2) is 14.4. The third-order valence-corrected chi connectivity index (χ3v) is 5.23. The molecule has 0 aromatic heterocycles. The maximum absolute atomic E-state index is 13.6. The zero-order valence-electron chi connectivity index (χ0n) is 17.7. The van der Waals surface area contributed by atoms with Crippen molar-refractivity contribution >= 4 is 5.78 Å². The van der Waals surface area contributed by atoms with Gasteiger partial charge in [-0.25, -0.2) is 8.78 Å². The number of ketones is 1. The third kappa shape index (κ3) is 9.64. The van der Waals surface area contributed by atoms with Gasteiger partial charge in [0.1, 0.15) is 5.78 Å². The number of hydrogen-bond acceptors (Lipinski definition) is 2. The highest BCUT2D eigenvalue weighted by atomic mass is 19.2. The minimum atomic E-state index is -1.58. The van der Waals surface area contributed by atoms with Crippen molar-refractivity contribution in [1.82, 2.24) is 0 Å². The number of carbonyl (C=O) groups excluding carboxylic acids is 1. The predicted molar refractivity (Wildman–Crippen MR) is 107 cm³/mol. The number of Topliss-reactive ketones (excluding diaryl/α,β-unsaturated/α-hetero) is 1. The van der Waals surface area contributed by atoms with Crippen LogP contribution in [0.1, 0.15) is 90.9 Å². The number of halogens is 4. The van der Waals surface area contributed by atoms with Crippen LogP contribution in [0.15, 0.2) is 6.07 Å². The molecule has 0 aliphatic carbocycles. The molecule has 0 saturated carbocycles. The van der Waals surface area contributed by atoms with Crippen molar-refractivity contribution in [2.24, 2.45) is 5.92 Å². The number of benzene rings is 1.